The molecule has 0 fully saturated rings. The topological polar surface area (TPSA) is 89.3 Å². The molecule has 1 atom stereocenters. The highest BCUT2D eigenvalue weighted by Crippen LogP contribution is 1.96. The molecule has 74 valence electrons. The maximum Gasteiger partial charge on any atom is 0.234 e. The standard InChI is InChI=1S/C8H14N2O3/c9-5-8(13)10-7(6-12)3-1-2-4-11/h4,6-7H,1-3,5,9H2,(H,10,13). The monoisotopic (exact) mass is 186 g/mol. The van der Waals surface area contributed by atoms with Crippen LogP contribution in [0.4, 0.5) is 0 Å². The van der Waals surface area contributed by atoms with Crippen LogP contribution in [-0.4, -0.2) is 31.1 Å². The lowest BCUT2D eigenvalue weighted by atomic mass is 10.1. The molecule has 0 radical (unpaired) electrons. The molecule has 1 amide bonds. The van der Waals surface area contributed by atoms with E-state index in [0.29, 0.717) is 25.5 Å². The average Bonchev–Trinajstić information content (AvgIpc) is 2.16. The molecule has 0 bridgehead atoms. The summed E-state index contributed by atoms with van der Waals surface area (Å²) in [5.74, 6) is -0.358. The second-order valence-corrected chi connectivity index (χ2v) is 2.61. The molecule has 0 aliphatic carbocycles. The first-order valence-electron chi connectivity index (χ1n) is 4.13. The Hall–Kier alpha value is -1.23. The number of amides is 1. The van der Waals surface area contributed by atoms with Gasteiger partial charge in [-0.25, -0.2) is 0 Å². The fourth-order valence-corrected chi connectivity index (χ4v) is 0.861. The molecule has 1 unspecified atom stereocenters. The Balaban J connectivity index is 3.68. The molecule has 0 saturated carbocycles. The van der Waals surface area contributed by atoms with Gasteiger partial charge in [0.05, 0.1) is 12.6 Å². The smallest absolute Gasteiger partial charge is 0.234 e. The summed E-state index contributed by atoms with van der Waals surface area (Å²) in [4.78, 5) is 31.1. The van der Waals surface area contributed by atoms with Crippen LogP contribution in [0.3, 0.4) is 0 Å². The minimum Gasteiger partial charge on any atom is -0.345 e. The first-order chi connectivity index (χ1) is 6.24. The van der Waals surface area contributed by atoms with E-state index in [9.17, 15) is 14.4 Å². The SMILES string of the molecule is NCC(=O)NC(C=O)CCCC=O. The van der Waals surface area contributed by atoms with Gasteiger partial charge in [0.2, 0.25) is 5.91 Å². The van der Waals surface area contributed by atoms with Gasteiger partial charge in [0.1, 0.15) is 12.6 Å². The molecule has 0 aromatic carbocycles. The fourth-order valence-electron chi connectivity index (χ4n) is 0.861. The Morgan fingerprint density at radius 1 is 1.46 bits per heavy atom. The molecule has 0 aromatic heterocycles. The molecule has 0 saturated heterocycles. The van der Waals surface area contributed by atoms with Gasteiger partial charge >= 0.3 is 0 Å². The molecule has 5 heteroatoms. The summed E-state index contributed by atoms with van der Waals surface area (Å²) in [6.45, 7) is -0.127. The predicted octanol–water partition coefficient (Wildman–Crippen LogP) is -1.00. The lowest BCUT2D eigenvalue weighted by Gasteiger charge is -2.10. The van der Waals surface area contributed by atoms with Crippen LogP contribution in [0.2, 0.25) is 0 Å². The summed E-state index contributed by atoms with van der Waals surface area (Å²) >= 11 is 0. The van der Waals surface area contributed by atoms with Crippen LogP contribution < -0.4 is 11.1 Å². The highest BCUT2D eigenvalue weighted by molar-refractivity contribution is 5.81. The van der Waals surface area contributed by atoms with E-state index in [0.717, 1.165) is 6.29 Å². The van der Waals surface area contributed by atoms with E-state index in [2.05, 4.69) is 5.32 Å². The lowest BCUT2D eigenvalue weighted by molar-refractivity contribution is -0.122. The third-order valence-corrected chi connectivity index (χ3v) is 1.53. The van der Waals surface area contributed by atoms with Gasteiger partial charge in [0.25, 0.3) is 0 Å². The molecule has 3 N–H and O–H groups in total. The minimum absolute atomic E-state index is 0.127. The van der Waals surface area contributed by atoms with Gasteiger partial charge in [-0.2, -0.15) is 0 Å². The van der Waals surface area contributed by atoms with Crippen molar-refractivity contribution in [2.45, 2.75) is 25.3 Å². The molecule has 5 nitrogen and oxygen atoms in total. The fraction of sp³-hybridized carbons (Fsp3) is 0.625. The van der Waals surface area contributed by atoms with Crippen LogP contribution in [0.25, 0.3) is 0 Å². The summed E-state index contributed by atoms with van der Waals surface area (Å²) in [5.41, 5.74) is 5.05. The molecule has 0 aliphatic rings. The highest BCUT2D eigenvalue weighted by Gasteiger charge is 2.08. The number of carbonyl (C=O) groups excluding carboxylic acids is 3. The Kier molecular flexibility index (Phi) is 6.72. The van der Waals surface area contributed by atoms with Crippen LogP contribution >= 0.6 is 0 Å². The van der Waals surface area contributed by atoms with E-state index in [1.54, 1.807) is 0 Å². The Bertz CT molecular complexity index is 182. The number of carbonyl (C=O) groups is 3. The molecule has 0 aliphatic heterocycles. The lowest BCUT2D eigenvalue weighted by Crippen LogP contribution is -2.39. The van der Waals surface area contributed by atoms with E-state index in [4.69, 9.17) is 5.73 Å². The zero-order chi connectivity index (χ0) is 10.1. The van der Waals surface area contributed by atoms with E-state index in [-0.39, 0.29) is 12.5 Å². The number of hydrogen-bond acceptors (Lipinski definition) is 4. The quantitative estimate of drug-likeness (QED) is 0.394. The Morgan fingerprint density at radius 3 is 2.62 bits per heavy atom. The van der Waals surface area contributed by atoms with Crippen LogP contribution in [0, 0.1) is 0 Å². The van der Waals surface area contributed by atoms with Gasteiger partial charge in [-0.05, 0) is 12.8 Å². The molecule has 0 rings (SSSR count). The average molecular weight is 186 g/mol. The summed E-state index contributed by atoms with van der Waals surface area (Å²) in [6, 6.07) is -0.518. The van der Waals surface area contributed by atoms with Crippen molar-refractivity contribution in [3.8, 4) is 0 Å². The van der Waals surface area contributed by atoms with Gasteiger partial charge < -0.3 is 20.6 Å². The summed E-state index contributed by atoms with van der Waals surface area (Å²) < 4.78 is 0. The number of nitrogens with two attached hydrogens (primary N) is 1. The van der Waals surface area contributed by atoms with Crippen molar-refractivity contribution in [2.75, 3.05) is 6.54 Å². The normalized spacial score (nSPS) is 11.8. The van der Waals surface area contributed by atoms with Crippen LogP contribution in [0.15, 0.2) is 0 Å². The Labute approximate surface area is 76.7 Å². The predicted molar refractivity (Wildman–Crippen MR) is 47.0 cm³/mol. The summed E-state index contributed by atoms with van der Waals surface area (Å²) in [7, 11) is 0. The van der Waals surface area contributed by atoms with Gasteiger partial charge in [0, 0.05) is 6.42 Å². The number of aldehydes is 2. The number of nitrogens with one attached hydrogen (secondary N) is 1. The molecular weight excluding hydrogens is 172 g/mol. The van der Waals surface area contributed by atoms with Gasteiger partial charge in [-0.1, -0.05) is 0 Å². The zero-order valence-electron chi connectivity index (χ0n) is 7.36. The molecular formula is C8H14N2O3. The third-order valence-electron chi connectivity index (χ3n) is 1.53. The van der Waals surface area contributed by atoms with E-state index >= 15 is 0 Å². The Morgan fingerprint density at radius 2 is 2.15 bits per heavy atom. The highest BCUT2D eigenvalue weighted by atomic mass is 16.2. The van der Waals surface area contributed by atoms with E-state index in [1.165, 1.54) is 0 Å². The van der Waals surface area contributed by atoms with Gasteiger partial charge in [-0.3, -0.25) is 4.79 Å². The third kappa shape index (κ3) is 5.98. The van der Waals surface area contributed by atoms with Crippen LogP contribution in [-0.2, 0) is 14.4 Å². The van der Waals surface area contributed by atoms with Crippen molar-refractivity contribution in [2.24, 2.45) is 5.73 Å². The molecule has 0 aromatic rings. The van der Waals surface area contributed by atoms with Crippen molar-refractivity contribution in [1.82, 2.24) is 5.32 Å². The minimum atomic E-state index is -0.518. The second kappa shape index (κ2) is 7.42. The van der Waals surface area contributed by atoms with Crippen molar-refractivity contribution in [3.63, 3.8) is 0 Å². The number of rotatable bonds is 7. The van der Waals surface area contributed by atoms with E-state index in [1.807, 2.05) is 0 Å². The first-order valence-corrected chi connectivity index (χ1v) is 4.13. The largest absolute Gasteiger partial charge is 0.345 e. The van der Waals surface area contributed by atoms with Gasteiger partial charge in [0.15, 0.2) is 0 Å². The molecule has 0 spiro atoms. The van der Waals surface area contributed by atoms with Crippen molar-refractivity contribution >= 4 is 18.5 Å². The van der Waals surface area contributed by atoms with Crippen molar-refractivity contribution < 1.29 is 14.4 Å². The number of unbranched alkanes of at least 4 members (excludes halogenated alkanes) is 1. The molecule has 13 heavy (non-hydrogen) atoms. The second-order valence-electron chi connectivity index (χ2n) is 2.61. The maximum absolute atomic E-state index is 10.7. The zero-order valence-corrected chi connectivity index (χ0v) is 7.36. The maximum atomic E-state index is 10.7. The number of hydrogen-bond donors (Lipinski definition) is 2. The molecule has 0 heterocycles. The van der Waals surface area contributed by atoms with Crippen molar-refractivity contribution in [3.05, 3.63) is 0 Å². The van der Waals surface area contributed by atoms with Crippen molar-refractivity contribution in [1.29, 1.82) is 0 Å². The van der Waals surface area contributed by atoms with Crippen LogP contribution in [0.1, 0.15) is 19.3 Å². The van der Waals surface area contributed by atoms with Crippen LogP contribution in [0.5, 0.6) is 0 Å². The summed E-state index contributed by atoms with van der Waals surface area (Å²) in [6.07, 6.45) is 2.92. The van der Waals surface area contributed by atoms with E-state index < -0.39 is 6.04 Å². The summed E-state index contributed by atoms with van der Waals surface area (Å²) in [5, 5.41) is 2.43. The van der Waals surface area contributed by atoms with Gasteiger partial charge in [-0.15, -0.1) is 0 Å². The first kappa shape index (κ1) is 11.8.